The third kappa shape index (κ3) is 3.44. The number of nitrogens with two attached hydrogens (primary N) is 1. The summed E-state index contributed by atoms with van der Waals surface area (Å²) in [7, 11) is 0. The van der Waals surface area contributed by atoms with Gasteiger partial charge in [-0.05, 0) is 49.7 Å². The van der Waals surface area contributed by atoms with E-state index in [0.717, 1.165) is 16.1 Å². The molecule has 0 aliphatic carbocycles. The van der Waals surface area contributed by atoms with E-state index in [9.17, 15) is 9.59 Å². The van der Waals surface area contributed by atoms with Crippen molar-refractivity contribution >= 4 is 41.6 Å². The van der Waals surface area contributed by atoms with Gasteiger partial charge in [0.25, 0.3) is 11.8 Å². The van der Waals surface area contributed by atoms with Gasteiger partial charge in [0, 0.05) is 23.3 Å². The first-order valence-electron chi connectivity index (χ1n) is 9.07. The van der Waals surface area contributed by atoms with Crippen LogP contribution in [0.25, 0.3) is 0 Å². The Labute approximate surface area is 173 Å². The zero-order chi connectivity index (χ0) is 20.7. The van der Waals surface area contributed by atoms with Gasteiger partial charge < -0.3 is 16.0 Å². The minimum atomic E-state index is -0.438. The normalized spacial score (nSPS) is 15.9. The van der Waals surface area contributed by atoms with Gasteiger partial charge in [0.05, 0.1) is 23.5 Å². The highest BCUT2D eigenvalue weighted by atomic mass is 32.1. The first-order valence-corrected chi connectivity index (χ1v) is 9.51. The highest BCUT2D eigenvalue weighted by molar-refractivity contribution is 7.80. The number of pyridine rings is 1. The zero-order valence-electron chi connectivity index (χ0n) is 16.0. The van der Waals surface area contributed by atoms with Gasteiger partial charge in [-0.15, -0.1) is 12.6 Å². The molecule has 0 saturated heterocycles. The summed E-state index contributed by atoms with van der Waals surface area (Å²) in [6.45, 7) is 4.27. The summed E-state index contributed by atoms with van der Waals surface area (Å²) >= 11 is 4.29. The average molecular weight is 408 g/mol. The summed E-state index contributed by atoms with van der Waals surface area (Å²) in [6.07, 6.45) is 3.08. The lowest BCUT2D eigenvalue weighted by atomic mass is 10.1. The molecule has 4 rings (SSSR count). The number of benzene rings is 1. The number of hydrogen-bond acceptors (Lipinski definition) is 6. The number of carbonyl (C=O) groups excluding carboxylic acids is 2. The van der Waals surface area contributed by atoms with E-state index in [1.54, 1.807) is 21.8 Å². The summed E-state index contributed by atoms with van der Waals surface area (Å²) in [5.74, 6) is -0.549. The van der Waals surface area contributed by atoms with Gasteiger partial charge in [0.1, 0.15) is 5.82 Å². The van der Waals surface area contributed by atoms with Crippen LogP contribution in [0.2, 0.25) is 0 Å². The molecule has 2 aromatic heterocycles. The summed E-state index contributed by atoms with van der Waals surface area (Å²) in [5.41, 5.74) is 8.33. The van der Waals surface area contributed by atoms with E-state index in [1.165, 1.54) is 6.20 Å². The van der Waals surface area contributed by atoms with E-state index in [0.29, 0.717) is 17.9 Å². The number of nitrogen functional groups attached to an aromatic ring is 1. The number of nitrogens with one attached hydrogen (secondary N) is 1. The van der Waals surface area contributed by atoms with E-state index in [2.05, 4.69) is 28.0 Å². The average Bonchev–Trinajstić information content (AvgIpc) is 3.12. The number of amides is 2. The van der Waals surface area contributed by atoms with Crippen LogP contribution in [0.3, 0.4) is 0 Å². The number of rotatable bonds is 3. The van der Waals surface area contributed by atoms with Crippen molar-refractivity contribution in [2.24, 2.45) is 0 Å². The molecule has 1 atom stereocenters. The van der Waals surface area contributed by atoms with Crippen molar-refractivity contribution in [2.45, 2.75) is 24.8 Å². The van der Waals surface area contributed by atoms with Gasteiger partial charge in [-0.3, -0.25) is 14.3 Å². The number of aryl methyl sites for hydroxylation is 1. The van der Waals surface area contributed by atoms with Gasteiger partial charge >= 0.3 is 0 Å². The topological polar surface area (TPSA) is 106 Å². The predicted octanol–water partition coefficient (Wildman–Crippen LogP) is 2.93. The number of nitrogens with zero attached hydrogens (tertiary/aromatic N) is 4. The molecule has 29 heavy (non-hydrogen) atoms. The number of aromatic nitrogens is 3. The predicted molar refractivity (Wildman–Crippen MR) is 114 cm³/mol. The first kappa shape index (κ1) is 19.0. The van der Waals surface area contributed by atoms with E-state index in [-0.39, 0.29) is 23.3 Å². The quantitative estimate of drug-likeness (QED) is 0.578. The van der Waals surface area contributed by atoms with E-state index < -0.39 is 5.91 Å². The van der Waals surface area contributed by atoms with Crippen LogP contribution >= 0.6 is 12.6 Å². The van der Waals surface area contributed by atoms with E-state index >= 15 is 0 Å². The van der Waals surface area contributed by atoms with Crippen molar-refractivity contribution in [2.75, 3.05) is 22.5 Å². The second-order valence-corrected chi connectivity index (χ2v) is 7.55. The molecule has 1 aromatic carbocycles. The molecule has 9 heteroatoms. The smallest absolute Gasteiger partial charge is 0.278 e. The maximum absolute atomic E-state index is 13.2. The Bertz CT molecular complexity index is 1110. The molecular weight excluding hydrogens is 388 g/mol. The number of thiol groups is 1. The standard InChI is InChI=1S/C20H20N6O2S/c1-11-7-15(18(21)22-8-11)19(27)24-16-9-23-26-12(2)10-25(20(28)17(16)26)13-3-5-14(29)6-4-13/h3-9,12,29H,10H2,1-2H3,(H2,21,22)(H,24,27)/t12-/m0/s1. The molecule has 3 aromatic rings. The monoisotopic (exact) mass is 408 g/mol. The third-order valence-corrected chi connectivity index (χ3v) is 5.12. The lowest BCUT2D eigenvalue weighted by Crippen LogP contribution is -2.43. The Morgan fingerprint density at radius 3 is 2.72 bits per heavy atom. The highest BCUT2D eigenvalue weighted by Gasteiger charge is 2.34. The molecule has 1 aliphatic rings. The molecule has 148 valence electrons. The summed E-state index contributed by atoms with van der Waals surface area (Å²) in [6, 6.07) is 8.95. The molecule has 8 nitrogen and oxygen atoms in total. The molecule has 0 bridgehead atoms. The largest absolute Gasteiger partial charge is 0.383 e. The molecule has 1 aliphatic heterocycles. The second kappa shape index (κ2) is 7.25. The molecule has 2 amide bonds. The minimum Gasteiger partial charge on any atom is -0.383 e. The number of anilines is 3. The Balaban J connectivity index is 1.67. The van der Waals surface area contributed by atoms with Crippen LogP contribution in [0.15, 0.2) is 47.6 Å². The van der Waals surface area contributed by atoms with Crippen LogP contribution in [0.1, 0.15) is 39.4 Å². The molecule has 0 saturated carbocycles. The van der Waals surface area contributed by atoms with Crippen molar-refractivity contribution in [3.05, 3.63) is 59.5 Å². The fourth-order valence-corrected chi connectivity index (χ4v) is 3.51. The van der Waals surface area contributed by atoms with Crippen molar-refractivity contribution < 1.29 is 9.59 Å². The number of hydrogen-bond donors (Lipinski definition) is 3. The molecule has 0 radical (unpaired) electrons. The Morgan fingerprint density at radius 2 is 2.00 bits per heavy atom. The first-order chi connectivity index (χ1) is 13.8. The van der Waals surface area contributed by atoms with Gasteiger partial charge in [0.15, 0.2) is 5.69 Å². The summed E-state index contributed by atoms with van der Waals surface area (Å²) in [4.78, 5) is 32.5. The SMILES string of the molecule is Cc1cnc(N)c(C(=O)Nc2cnn3c2C(=O)N(c2ccc(S)cc2)C[C@@H]3C)c1. The van der Waals surface area contributed by atoms with Crippen LogP contribution in [0.4, 0.5) is 17.2 Å². The zero-order valence-corrected chi connectivity index (χ0v) is 16.9. The minimum absolute atomic E-state index is 0.0604. The molecule has 0 fully saturated rings. The van der Waals surface area contributed by atoms with E-state index in [1.807, 2.05) is 38.1 Å². The lowest BCUT2D eigenvalue weighted by molar-refractivity contribution is 0.0954. The number of carbonyl (C=O) groups is 2. The van der Waals surface area contributed by atoms with Gasteiger partial charge in [0.2, 0.25) is 0 Å². The lowest BCUT2D eigenvalue weighted by Gasteiger charge is -2.32. The third-order valence-electron chi connectivity index (χ3n) is 4.82. The fraction of sp³-hybridized carbons (Fsp3) is 0.200. The van der Waals surface area contributed by atoms with Crippen molar-refractivity contribution in [1.29, 1.82) is 0 Å². The summed E-state index contributed by atoms with van der Waals surface area (Å²) in [5, 5.41) is 7.08. The fourth-order valence-electron chi connectivity index (χ4n) is 3.36. The van der Waals surface area contributed by atoms with Crippen LogP contribution in [-0.4, -0.2) is 33.1 Å². The molecule has 0 unspecified atom stereocenters. The maximum atomic E-state index is 13.2. The van der Waals surface area contributed by atoms with Crippen LogP contribution in [0.5, 0.6) is 0 Å². The van der Waals surface area contributed by atoms with Crippen molar-refractivity contribution in [1.82, 2.24) is 14.8 Å². The van der Waals surface area contributed by atoms with Crippen LogP contribution < -0.4 is 16.0 Å². The van der Waals surface area contributed by atoms with Gasteiger partial charge in [-0.2, -0.15) is 5.10 Å². The highest BCUT2D eigenvalue weighted by Crippen LogP contribution is 2.30. The summed E-state index contributed by atoms with van der Waals surface area (Å²) < 4.78 is 1.64. The van der Waals surface area contributed by atoms with Gasteiger partial charge in [-0.1, -0.05) is 0 Å². The van der Waals surface area contributed by atoms with Gasteiger partial charge in [-0.25, -0.2) is 4.98 Å². The Morgan fingerprint density at radius 1 is 1.28 bits per heavy atom. The molecular formula is C20H20N6O2S. The second-order valence-electron chi connectivity index (χ2n) is 7.03. The molecule has 3 N–H and O–H groups in total. The molecule has 0 spiro atoms. The Kier molecular flexibility index (Phi) is 4.75. The van der Waals surface area contributed by atoms with Crippen molar-refractivity contribution in [3.8, 4) is 0 Å². The number of fused-ring (bicyclic) bond motifs is 1. The molecule has 3 heterocycles. The maximum Gasteiger partial charge on any atom is 0.278 e. The van der Waals surface area contributed by atoms with Crippen LogP contribution in [0, 0.1) is 6.92 Å². The van der Waals surface area contributed by atoms with Crippen LogP contribution in [-0.2, 0) is 0 Å². The van der Waals surface area contributed by atoms with E-state index in [4.69, 9.17) is 5.73 Å². The van der Waals surface area contributed by atoms with Crippen molar-refractivity contribution in [3.63, 3.8) is 0 Å². The Hall–Kier alpha value is -3.33.